The average molecular weight is 293 g/mol. The van der Waals surface area contributed by atoms with E-state index in [9.17, 15) is 0 Å². The molecule has 6 heteroatoms. The number of hydrogen-bond acceptors (Lipinski definition) is 6. The molecule has 2 fully saturated rings. The topological polar surface area (TPSA) is 67.1 Å². The minimum absolute atomic E-state index is 0.505. The number of fused-ring (bicyclic) bond motifs is 2. The van der Waals surface area contributed by atoms with E-state index in [1.165, 1.54) is 43.9 Å². The summed E-state index contributed by atoms with van der Waals surface area (Å²) < 4.78 is 0. The lowest BCUT2D eigenvalue weighted by Gasteiger charge is -2.47. The number of piperidine rings is 2. The second-order valence-electron chi connectivity index (χ2n) is 5.88. The molecule has 2 bridgehead atoms. The monoisotopic (exact) mass is 293 g/mol. The highest BCUT2D eigenvalue weighted by Gasteiger charge is 2.35. The Kier molecular flexibility index (Phi) is 4.03. The SMILES string of the molecule is CSc1nc(N)cc(NC2CC3CCCC(C2)N3C)n1. The van der Waals surface area contributed by atoms with Crippen LogP contribution in [-0.2, 0) is 0 Å². The first kappa shape index (κ1) is 13.9. The van der Waals surface area contributed by atoms with Crippen molar-refractivity contribution < 1.29 is 0 Å². The molecule has 2 atom stereocenters. The highest BCUT2D eigenvalue weighted by Crippen LogP contribution is 2.33. The molecule has 2 aliphatic heterocycles. The van der Waals surface area contributed by atoms with Gasteiger partial charge in [0.15, 0.2) is 5.16 Å². The molecule has 3 N–H and O–H groups in total. The van der Waals surface area contributed by atoms with Crippen LogP contribution in [0.5, 0.6) is 0 Å². The molecule has 0 spiro atoms. The first-order valence-electron chi connectivity index (χ1n) is 7.32. The maximum Gasteiger partial charge on any atom is 0.191 e. The molecule has 110 valence electrons. The molecule has 1 aromatic heterocycles. The van der Waals surface area contributed by atoms with Gasteiger partial charge in [0.1, 0.15) is 11.6 Å². The highest BCUT2D eigenvalue weighted by atomic mass is 32.2. The van der Waals surface area contributed by atoms with Crippen LogP contribution in [0.2, 0.25) is 0 Å². The van der Waals surface area contributed by atoms with Gasteiger partial charge in [-0.3, -0.25) is 0 Å². The molecule has 1 aromatic rings. The summed E-state index contributed by atoms with van der Waals surface area (Å²) in [6.45, 7) is 0. The van der Waals surface area contributed by atoms with Gasteiger partial charge in [0, 0.05) is 24.2 Å². The molecule has 3 rings (SSSR count). The van der Waals surface area contributed by atoms with E-state index in [-0.39, 0.29) is 0 Å². The minimum atomic E-state index is 0.505. The predicted octanol–water partition coefficient (Wildman–Crippen LogP) is 2.21. The van der Waals surface area contributed by atoms with E-state index in [0.717, 1.165) is 23.1 Å². The van der Waals surface area contributed by atoms with Gasteiger partial charge < -0.3 is 16.0 Å². The Balaban J connectivity index is 1.70. The molecular weight excluding hydrogens is 270 g/mol. The van der Waals surface area contributed by atoms with Gasteiger partial charge in [-0.15, -0.1) is 0 Å². The van der Waals surface area contributed by atoms with Crippen molar-refractivity contribution in [3.05, 3.63) is 6.07 Å². The summed E-state index contributed by atoms with van der Waals surface area (Å²) in [5.41, 5.74) is 5.84. The van der Waals surface area contributed by atoms with E-state index in [0.29, 0.717) is 11.9 Å². The number of rotatable bonds is 3. The zero-order chi connectivity index (χ0) is 14.1. The fourth-order valence-corrected chi connectivity index (χ4v) is 3.94. The van der Waals surface area contributed by atoms with Crippen LogP contribution in [0.1, 0.15) is 32.1 Å². The van der Waals surface area contributed by atoms with Gasteiger partial charge in [-0.25, -0.2) is 9.97 Å². The lowest BCUT2D eigenvalue weighted by atomic mass is 9.82. The summed E-state index contributed by atoms with van der Waals surface area (Å²) in [7, 11) is 2.28. The van der Waals surface area contributed by atoms with Crippen molar-refractivity contribution in [1.29, 1.82) is 0 Å². The number of nitrogens with two attached hydrogens (primary N) is 1. The smallest absolute Gasteiger partial charge is 0.191 e. The third kappa shape index (κ3) is 2.86. The van der Waals surface area contributed by atoms with Crippen molar-refractivity contribution in [1.82, 2.24) is 14.9 Å². The van der Waals surface area contributed by atoms with Crippen LogP contribution in [0.3, 0.4) is 0 Å². The summed E-state index contributed by atoms with van der Waals surface area (Å²) in [6, 6.07) is 3.79. The summed E-state index contributed by atoms with van der Waals surface area (Å²) in [5, 5.41) is 4.31. The number of anilines is 2. The van der Waals surface area contributed by atoms with E-state index >= 15 is 0 Å². The van der Waals surface area contributed by atoms with E-state index in [2.05, 4.69) is 27.2 Å². The van der Waals surface area contributed by atoms with Crippen LogP contribution in [-0.4, -0.2) is 46.3 Å². The van der Waals surface area contributed by atoms with Crippen LogP contribution in [0, 0.1) is 0 Å². The molecule has 3 heterocycles. The molecule has 2 aliphatic rings. The lowest BCUT2D eigenvalue weighted by molar-refractivity contribution is 0.0608. The van der Waals surface area contributed by atoms with Crippen LogP contribution >= 0.6 is 11.8 Å². The average Bonchev–Trinajstić information content (AvgIpc) is 2.39. The third-order valence-corrected chi connectivity index (χ3v) is 5.15. The van der Waals surface area contributed by atoms with Crippen molar-refractivity contribution in [3.8, 4) is 0 Å². The Hall–Kier alpha value is -1.01. The van der Waals surface area contributed by atoms with Gasteiger partial charge in [0.25, 0.3) is 0 Å². The standard InChI is InChI=1S/C14H23N5S/c1-19-10-4-3-5-11(19)7-9(6-10)16-13-8-12(15)17-14(18-13)20-2/h8-11H,3-7H2,1-2H3,(H3,15,16,17,18). The first-order chi connectivity index (χ1) is 9.65. The Bertz CT molecular complexity index is 467. The largest absolute Gasteiger partial charge is 0.383 e. The van der Waals surface area contributed by atoms with Crippen molar-refractivity contribution in [2.45, 2.75) is 55.4 Å². The molecule has 2 unspecified atom stereocenters. The summed E-state index contributed by atoms with van der Waals surface area (Å²) >= 11 is 1.53. The Morgan fingerprint density at radius 1 is 1.30 bits per heavy atom. The third-order valence-electron chi connectivity index (χ3n) is 4.60. The molecule has 5 nitrogen and oxygen atoms in total. The number of hydrogen-bond donors (Lipinski definition) is 2. The van der Waals surface area contributed by atoms with Gasteiger partial charge in [-0.05, 0) is 39.0 Å². The molecule has 0 saturated carbocycles. The number of nitrogen functional groups attached to an aromatic ring is 1. The maximum atomic E-state index is 5.84. The normalized spacial score (nSPS) is 30.2. The van der Waals surface area contributed by atoms with Crippen LogP contribution < -0.4 is 11.1 Å². The molecule has 0 aliphatic carbocycles. The number of nitrogens with zero attached hydrogens (tertiary/aromatic N) is 3. The van der Waals surface area contributed by atoms with E-state index in [1.807, 2.05) is 12.3 Å². The van der Waals surface area contributed by atoms with Crippen molar-refractivity contribution in [2.24, 2.45) is 0 Å². The second kappa shape index (κ2) is 5.77. The summed E-state index contributed by atoms with van der Waals surface area (Å²) in [4.78, 5) is 11.3. The molecule has 0 amide bonds. The van der Waals surface area contributed by atoms with Crippen LogP contribution in [0.15, 0.2) is 11.2 Å². The fourth-order valence-electron chi connectivity index (χ4n) is 3.55. The van der Waals surface area contributed by atoms with Crippen molar-refractivity contribution >= 4 is 23.4 Å². The summed E-state index contributed by atoms with van der Waals surface area (Å²) in [5.74, 6) is 1.41. The zero-order valence-electron chi connectivity index (χ0n) is 12.2. The molecule has 0 aromatic carbocycles. The van der Waals surface area contributed by atoms with E-state index in [4.69, 9.17) is 5.73 Å². The highest BCUT2D eigenvalue weighted by molar-refractivity contribution is 7.98. The lowest BCUT2D eigenvalue weighted by Crippen LogP contribution is -2.52. The van der Waals surface area contributed by atoms with Gasteiger partial charge in [-0.1, -0.05) is 18.2 Å². The second-order valence-corrected chi connectivity index (χ2v) is 6.65. The Labute approximate surface area is 124 Å². The van der Waals surface area contributed by atoms with Crippen molar-refractivity contribution in [3.63, 3.8) is 0 Å². The minimum Gasteiger partial charge on any atom is -0.383 e. The molecule has 2 saturated heterocycles. The Morgan fingerprint density at radius 2 is 2.00 bits per heavy atom. The van der Waals surface area contributed by atoms with Gasteiger partial charge in [0.2, 0.25) is 0 Å². The molecular formula is C14H23N5S. The molecule has 20 heavy (non-hydrogen) atoms. The first-order valence-corrected chi connectivity index (χ1v) is 8.55. The number of aromatic nitrogens is 2. The van der Waals surface area contributed by atoms with Gasteiger partial charge >= 0.3 is 0 Å². The Morgan fingerprint density at radius 3 is 2.65 bits per heavy atom. The summed E-state index contributed by atoms with van der Waals surface area (Å²) in [6.07, 6.45) is 8.40. The number of nitrogens with one attached hydrogen (secondary N) is 1. The van der Waals surface area contributed by atoms with Crippen LogP contribution in [0.4, 0.5) is 11.6 Å². The zero-order valence-corrected chi connectivity index (χ0v) is 13.0. The van der Waals surface area contributed by atoms with Crippen molar-refractivity contribution in [2.75, 3.05) is 24.4 Å². The van der Waals surface area contributed by atoms with E-state index in [1.54, 1.807) is 0 Å². The predicted molar refractivity (Wildman–Crippen MR) is 84.1 cm³/mol. The van der Waals surface area contributed by atoms with Crippen LogP contribution in [0.25, 0.3) is 0 Å². The van der Waals surface area contributed by atoms with E-state index < -0.39 is 0 Å². The maximum absolute atomic E-state index is 5.84. The van der Waals surface area contributed by atoms with Gasteiger partial charge in [0.05, 0.1) is 0 Å². The molecule has 0 radical (unpaired) electrons. The quantitative estimate of drug-likeness (QED) is 0.658. The number of thioether (sulfide) groups is 1. The van der Waals surface area contributed by atoms with Gasteiger partial charge in [-0.2, -0.15) is 0 Å². The fraction of sp³-hybridized carbons (Fsp3) is 0.714.